The summed E-state index contributed by atoms with van der Waals surface area (Å²) in [6.45, 7) is 2.65. The van der Waals surface area contributed by atoms with E-state index in [1.54, 1.807) is 6.92 Å². The van der Waals surface area contributed by atoms with Gasteiger partial charge >= 0.3 is 5.97 Å². The van der Waals surface area contributed by atoms with Crippen LogP contribution in [-0.2, 0) is 20.7 Å². The summed E-state index contributed by atoms with van der Waals surface area (Å²) < 4.78 is 21.4. The van der Waals surface area contributed by atoms with Crippen molar-refractivity contribution in [2.75, 3.05) is 0 Å². The number of benzene rings is 1. The lowest BCUT2D eigenvalue weighted by molar-refractivity contribution is -0.161. The Morgan fingerprint density at radius 3 is 2.54 bits per heavy atom. The highest BCUT2D eigenvalue weighted by atomic mass is 32.2. The summed E-state index contributed by atoms with van der Waals surface area (Å²) in [5.41, 5.74) is 1.93. The molecule has 2 rings (SSSR count). The fourth-order valence-corrected chi connectivity index (χ4v) is 3.32. The van der Waals surface area contributed by atoms with Gasteiger partial charge in [-0.3, -0.25) is 13.8 Å². The van der Waals surface area contributed by atoms with E-state index in [1.165, 1.54) is 6.07 Å². The first kappa shape index (κ1) is 21.3. The molecule has 1 fully saturated rings. The van der Waals surface area contributed by atoms with Crippen molar-refractivity contribution in [1.82, 2.24) is 10.3 Å². The van der Waals surface area contributed by atoms with Gasteiger partial charge in [0.05, 0.1) is 4.75 Å². The number of carboxylic acids is 1. The maximum atomic E-state index is 12.0. The molecule has 0 radical (unpaired) electrons. The number of hydrogen-bond donors (Lipinski definition) is 4. The van der Waals surface area contributed by atoms with Crippen LogP contribution in [0.15, 0.2) is 23.3 Å². The SMILES string of the molecule is C[C@@H]1CC(=O)N1[C@@H](C(=O)O)[C@](C)(/C=N/NC(=O)c1ccc(O)c(O)c1)S(=O)[O-]. The lowest BCUT2D eigenvalue weighted by atomic mass is 9.92. The highest BCUT2D eigenvalue weighted by Crippen LogP contribution is 2.30. The molecule has 0 aromatic heterocycles. The molecule has 0 aliphatic carbocycles. The van der Waals surface area contributed by atoms with Gasteiger partial charge in [-0.15, -0.1) is 0 Å². The molecule has 4 N–H and O–H groups in total. The minimum absolute atomic E-state index is 0.0845. The van der Waals surface area contributed by atoms with E-state index in [9.17, 15) is 38.5 Å². The topological polar surface area (TPSA) is 180 Å². The fraction of sp³-hybridized carbons (Fsp3) is 0.375. The molecule has 1 aliphatic rings. The number of likely N-dealkylation sites (tertiary alicyclic amines) is 1. The zero-order valence-electron chi connectivity index (χ0n) is 14.9. The highest BCUT2D eigenvalue weighted by molar-refractivity contribution is 7.81. The van der Waals surface area contributed by atoms with Crippen molar-refractivity contribution in [2.24, 2.45) is 5.10 Å². The monoisotopic (exact) mass is 412 g/mol. The standard InChI is InChI=1S/C16H19N3O8S/c1-8-5-12(22)19(8)13(15(24)25)16(2,28(26)27)7-17-18-14(23)9-3-4-10(20)11(21)6-9/h3-4,6-8,13,20-21H,5H2,1-2H3,(H,18,23)(H,24,25)(H,26,27)/p-1/b17-7+/t8-,13+,16+/m1/s1. The van der Waals surface area contributed by atoms with E-state index in [-0.39, 0.29) is 12.0 Å². The van der Waals surface area contributed by atoms with Crippen LogP contribution in [0.2, 0.25) is 0 Å². The van der Waals surface area contributed by atoms with Gasteiger partial charge in [0.25, 0.3) is 5.91 Å². The van der Waals surface area contributed by atoms with Crippen LogP contribution in [-0.4, -0.2) is 69.8 Å². The van der Waals surface area contributed by atoms with Crippen molar-refractivity contribution < 1.29 is 38.5 Å². The van der Waals surface area contributed by atoms with Crippen molar-refractivity contribution in [3.63, 3.8) is 0 Å². The van der Waals surface area contributed by atoms with Crippen LogP contribution in [0.1, 0.15) is 30.6 Å². The number of nitrogens with one attached hydrogen (secondary N) is 1. The molecule has 1 saturated heterocycles. The molecule has 1 unspecified atom stereocenters. The number of carboxylic acid groups (broad SMARTS) is 1. The van der Waals surface area contributed by atoms with Crippen LogP contribution >= 0.6 is 0 Å². The molecule has 1 aromatic carbocycles. The van der Waals surface area contributed by atoms with E-state index >= 15 is 0 Å². The predicted octanol–water partition coefficient (Wildman–Crippen LogP) is -0.475. The number of hydrazone groups is 1. The Labute approximate surface area is 161 Å². The maximum absolute atomic E-state index is 12.0. The molecule has 152 valence electrons. The molecule has 0 spiro atoms. The summed E-state index contributed by atoms with van der Waals surface area (Å²) in [5.74, 6) is -3.86. The average molecular weight is 412 g/mol. The zero-order chi connectivity index (χ0) is 21.2. The highest BCUT2D eigenvalue weighted by Gasteiger charge is 2.51. The van der Waals surface area contributed by atoms with Crippen molar-refractivity contribution >= 4 is 35.1 Å². The van der Waals surface area contributed by atoms with Crippen molar-refractivity contribution in [3.8, 4) is 11.5 Å². The number of β-lactam (4-membered cyclic amide) rings is 1. The molecule has 11 nitrogen and oxygen atoms in total. The van der Waals surface area contributed by atoms with Gasteiger partial charge < -0.3 is 24.8 Å². The van der Waals surface area contributed by atoms with E-state index in [4.69, 9.17) is 0 Å². The van der Waals surface area contributed by atoms with E-state index in [0.717, 1.165) is 30.2 Å². The van der Waals surface area contributed by atoms with E-state index in [1.807, 2.05) is 5.43 Å². The fourth-order valence-electron chi connectivity index (χ4n) is 2.78. The van der Waals surface area contributed by atoms with Crippen LogP contribution in [0.4, 0.5) is 0 Å². The molecular weight excluding hydrogens is 394 g/mol. The third-order valence-corrected chi connectivity index (χ3v) is 5.42. The number of phenols is 2. The molecule has 4 atom stereocenters. The van der Waals surface area contributed by atoms with Gasteiger partial charge in [0, 0.05) is 24.2 Å². The number of phenolic OH excluding ortho intramolecular Hbond substituents is 2. The molecule has 0 saturated carbocycles. The molecule has 0 bridgehead atoms. The normalized spacial score (nSPS) is 20.9. The number of amides is 2. The first-order chi connectivity index (χ1) is 13.0. The Balaban J connectivity index is 2.25. The largest absolute Gasteiger partial charge is 0.772 e. The van der Waals surface area contributed by atoms with E-state index < -0.39 is 57.2 Å². The van der Waals surface area contributed by atoms with E-state index in [2.05, 4.69) is 5.10 Å². The molecular formula is C16H18N3O8S-. The second kappa shape index (κ2) is 7.94. The molecule has 2 amide bonds. The second-order valence-electron chi connectivity index (χ2n) is 6.42. The smallest absolute Gasteiger partial charge is 0.328 e. The van der Waals surface area contributed by atoms with Gasteiger partial charge in [-0.2, -0.15) is 5.10 Å². The van der Waals surface area contributed by atoms with Gasteiger partial charge in [-0.1, -0.05) is 0 Å². The van der Waals surface area contributed by atoms with Gasteiger partial charge in [0.1, 0.15) is 0 Å². The van der Waals surface area contributed by atoms with Gasteiger partial charge in [-0.05, 0) is 43.1 Å². The lowest BCUT2D eigenvalue weighted by Crippen LogP contribution is -2.67. The maximum Gasteiger partial charge on any atom is 0.328 e. The minimum atomic E-state index is -3.00. The van der Waals surface area contributed by atoms with Crippen LogP contribution < -0.4 is 5.43 Å². The van der Waals surface area contributed by atoms with Crippen molar-refractivity contribution in [1.29, 1.82) is 0 Å². The van der Waals surface area contributed by atoms with Crippen molar-refractivity contribution in [2.45, 2.75) is 37.1 Å². The number of nitrogens with zero attached hydrogens (tertiary/aromatic N) is 2. The van der Waals surface area contributed by atoms with Crippen molar-refractivity contribution in [3.05, 3.63) is 23.8 Å². The van der Waals surface area contributed by atoms with Crippen LogP contribution in [0.3, 0.4) is 0 Å². The zero-order valence-corrected chi connectivity index (χ0v) is 15.7. The summed E-state index contributed by atoms with van der Waals surface area (Å²) in [4.78, 5) is 36.5. The Hall–Kier alpha value is -2.99. The third kappa shape index (κ3) is 3.97. The first-order valence-corrected chi connectivity index (χ1v) is 9.06. The third-order valence-electron chi connectivity index (χ3n) is 4.37. The Bertz CT molecular complexity index is 873. The number of hydrogen-bond acceptors (Lipinski definition) is 8. The number of rotatable bonds is 7. The first-order valence-electron chi connectivity index (χ1n) is 7.99. The molecule has 1 aromatic rings. The predicted molar refractivity (Wildman–Crippen MR) is 95.4 cm³/mol. The average Bonchev–Trinajstić information content (AvgIpc) is 2.61. The Kier molecular flexibility index (Phi) is 6.04. The van der Waals surface area contributed by atoms with Crippen LogP contribution in [0.25, 0.3) is 0 Å². The van der Waals surface area contributed by atoms with Gasteiger partial charge in [0.2, 0.25) is 5.91 Å². The summed E-state index contributed by atoms with van der Waals surface area (Å²) in [7, 11) is 0. The minimum Gasteiger partial charge on any atom is -0.772 e. The number of aliphatic carboxylic acids is 1. The summed E-state index contributed by atoms with van der Waals surface area (Å²) in [6.07, 6.45) is 0.828. The summed E-state index contributed by atoms with van der Waals surface area (Å²) in [6, 6.07) is 1.03. The quantitative estimate of drug-likeness (QED) is 0.152. The molecule has 1 heterocycles. The Morgan fingerprint density at radius 1 is 1.43 bits per heavy atom. The number of aromatic hydroxyl groups is 2. The van der Waals surface area contributed by atoms with E-state index in [0.29, 0.717) is 0 Å². The number of carbonyl (C=O) groups is 3. The van der Waals surface area contributed by atoms with Gasteiger partial charge in [-0.25, -0.2) is 10.2 Å². The summed E-state index contributed by atoms with van der Waals surface area (Å²) >= 11 is -3.00. The van der Waals surface area contributed by atoms with Gasteiger partial charge in [0.15, 0.2) is 17.5 Å². The lowest BCUT2D eigenvalue weighted by Gasteiger charge is -2.48. The molecule has 1 aliphatic heterocycles. The van der Waals surface area contributed by atoms with Crippen LogP contribution in [0, 0.1) is 0 Å². The summed E-state index contributed by atoms with van der Waals surface area (Å²) in [5, 5.41) is 31.7. The number of carbonyl (C=O) groups excluding carboxylic acids is 2. The Morgan fingerprint density at radius 2 is 2.07 bits per heavy atom. The second-order valence-corrected chi connectivity index (χ2v) is 7.77. The van der Waals surface area contributed by atoms with Crippen LogP contribution in [0.5, 0.6) is 11.5 Å². The molecule has 28 heavy (non-hydrogen) atoms. The molecule has 12 heteroatoms.